The van der Waals surface area contributed by atoms with E-state index in [0.29, 0.717) is 18.4 Å². The van der Waals surface area contributed by atoms with Gasteiger partial charge in [0.15, 0.2) is 0 Å². The number of nitriles is 1. The first kappa shape index (κ1) is 13.6. The van der Waals surface area contributed by atoms with E-state index in [1.807, 2.05) is 12.1 Å². The molecule has 0 amide bonds. The molecule has 0 radical (unpaired) electrons. The second-order valence-electron chi connectivity index (χ2n) is 4.96. The number of Topliss-reactive ketones (excluding diaryl/α,β-unsaturated/α-hetero) is 1. The van der Waals surface area contributed by atoms with Gasteiger partial charge in [0.25, 0.3) is 0 Å². The van der Waals surface area contributed by atoms with Crippen molar-refractivity contribution in [2.24, 2.45) is 0 Å². The molecule has 19 heavy (non-hydrogen) atoms. The quantitative estimate of drug-likeness (QED) is 0.868. The Labute approximate surface area is 113 Å². The molecule has 1 heterocycles. The average Bonchev–Trinajstić information content (AvgIpc) is 2.77. The Morgan fingerprint density at radius 1 is 1.53 bits per heavy atom. The largest absolute Gasteiger partial charge is 0.396 e. The van der Waals surface area contributed by atoms with E-state index in [2.05, 4.69) is 11.0 Å². The zero-order valence-electron chi connectivity index (χ0n) is 11.1. The number of aliphatic hydroxyl groups excluding tert-OH is 1. The molecule has 1 aromatic carbocycles. The third-order valence-electron chi connectivity index (χ3n) is 3.38. The van der Waals surface area contributed by atoms with Crippen LogP contribution in [-0.2, 0) is 17.6 Å². The van der Waals surface area contributed by atoms with Gasteiger partial charge in [-0.1, -0.05) is 6.07 Å². The second-order valence-corrected chi connectivity index (χ2v) is 4.96. The van der Waals surface area contributed by atoms with Crippen molar-refractivity contribution < 1.29 is 9.90 Å². The lowest BCUT2D eigenvalue weighted by atomic mass is 10.0. The Balaban J connectivity index is 2.32. The number of hydrogen-bond donors (Lipinski definition) is 1. The van der Waals surface area contributed by atoms with E-state index in [-0.39, 0.29) is 12.4 Å². The van der Waals surface area contributed by atoms with Crippen molar-refractivity contribution in [3.8, 4) is 6.07 Å². The number of hydrogen-bond acceptors (Lipinski definition) is 4. The van der Waals surface area contributed by atoms with Gasteiger partial charge in [-0.3, -0.25) is 4.79 Å². The minimum atomic E-state index is 0.110. The summed E-state index contributed by atoms with van der Waals surface area (Å²) in [5.74, 6) is 0.110. The van der Waals surface area contributed by atoms with E-state index >= 15 is 0 Å². The zero-order chi connectivity index (χ0) is 13.8. The zero-order valence-corrected chi connectivity index (χ0v) is 11.1. The van der Waals surface area contributed by atoms with Crippen LogP contribution in [0, 0.1) is 11.3 Å². The standard InChI is InChI=1S/C15H18N2O2/c1-11(19)7-12-8-13-3-5-17(4-2-6-18)15(13)14(9-12)10-16/h8-9,18H,2-7H2,1H3. The van der Waals surface area contributed by atoms with Crippen LogP contribution in [0.15, 0.2) is 12.1 Å². The topological polar surface area (TPSA) is 64.3 Å². The van der Waals surface area contributed by atoms with Gasteiger partial charge in [-0.05, 0) is 37.0 Å². The van der Waals surface area contributed by atoms with Gasteiger partial charge in [0, 0.05) is 26.1 Å². The fraction of sp³-hybridized carbons (Fsp3) is 0.467. The summed E-state index contributed by atoms with van der Waals surface area (Å²) in [5, 5.41) is 18.2. The number of aliphatic hydroxyl groups is 1. The van der Waals surface area contributed by atoms with E-state index in [1.54, 1.807) is 6.92 Å². The van der Waals surface area contributed by atoms with Crippen LogP contribution in [0.4, 0.5) is 5.69 Å². The molecule has 0 saturated heterocycles. The van der Waals surface area contributed by atoms with Crippen LogP contribution in [0.25, 0.3) is 0 Å². The van der Waals surface area contributed by atoms with Gasteiger partial charge in [0.05, 0.1) is 11.3 Å². The number of nitrogens with zero attached hydrogens (tertiary/aromatic N) is 2. The van der Waals surface area contributed by atoms with Crippen molar-refractivity contribution in [1.29, 1.82) is 5.26 Å². The Morgan fingerprint density at radius 3 is 2.95 bits per heavy atom. The lowest BCUT2D eigenvalue weighted by Gasteiger charge is -2.20. The molecule has 0 unspecified atom stereocenters. The molecule has 1 aliphatic heterocycles. The number of carbonyl (C=O) groups excluding carboxylic acids is 1. The van der Waals surface area contributed by atoms with E-state index in [0.717, 1.165) is 36.3 Å². The molecule has 1 aliphatic rings. The van der Waals surface area contributed by atoms with Crippen LogP contribution in [0.5, 0.6) is 0 Å². The lowest BCUT2D eigenvalue weighted by molar-refractivity contribution is -0.116. The maximum atomic E-state index is 11.2. The molecule has 100 valence electrons. The number of carbonyl (C=O) groups is 1. The molecule has 0 aromatic heterocycles. The summed E-state index contributed by atoms with van der Waals surface area (Å²) in [6.07, 6.45) is 2.00. The van der Waals surface area contributed by atoms with Crippen LogP contribution in [-0.4, -0.2) is 30.6 Å². The summed E-state index contributed by atoms with van der Waals surface area (Å²) >= 11 is 0. The molecular formula is C15H18N2O2. The SMILES string of the molecule is CC(=O)Cc1cc(C#N)c2c(c1)CCN2CCCO. The number of rotatable bonds is 5. The molecule has 0 fully saturated rings. The van der Waals surface area contributed by atoms with Crippen molar-refractivity contribution in [3.63, 3.8) is 0 Å². The minimum absolute atomic E-state index is 0.110. The summed E-state index contributed by atoms with van der Waals surface area (Å²) in [5.41, 5.74) is 3.70. The first-order chi connectivity index (χ1) is 9.15. The van der Waals surface area contributed by atoms with E-state index in [1.165, 1.54) is 0 Å². The van der Waals surface area contributed by atoms with Crippen molar-refractivity contribution in [1.82, 2.24) is 0 Å². The number of anilines is 1. The molecule has 1 aromatic rings. The van der Waals surface area contributed by atoms with Crippen molar-refractivity contribution in [3.05, 3.63) is 28.8 Å². The second kappa shape index (κ2) is 5.85. The lowest BCUT2D eigenvalue weighted by Crippen LogP contribution is -2.23. The van der Waals surface area contributed by atoms with Crippen LogP contribution in [0.1, 0.15) is 30.0 Å². The van der Waals surface area contributed by atoms with Crippen LogP contribution in [0.2, 0.25) is 0 Å². The fourth-order valence-electron chi connectivity index (χ4n) is 2.65. The molecule has 0 bridgehead atoms. The minimum Gasteiger partial charge on any atom is -0.396 e. The van der Waals surface area contributed by atoms with Crippen LogP contribution >= 0.6 is 0 Å². The molecule has 0 aliphatic carbocycles. The fourth-order valence-corrected chi connectivity index (χ4v) is 2.65. The summed E-state index contributed by atoms with van der Waals surface area (Å²) in [4.78, 5) is 13.4. The number of fused-ring (bicyclic) bond motifs is 1. The monoisotopic (exact) mass is 258 g/mol. The van der Waals surface area contributed by atoms with E-state index in [9.17, 15) is 10.1 Å². The first-order valence-corrected chi connectivity index (χ1v) is 6.57. The highest BCUT2D eigenvalue weighted by atomic mass is 16.3. The Hall–Kier alpha value is -1.86. The summed E-state index contributed by atoms with van der Waals surface area (Å²) < 4.78 is 0. The third kappa shape index (κ3) is 2.94. The summed E-state index contributed by atoms with van der Waals surface area (Å²) in [7, 11) is 0. The van der Waals surface area contributed by atoms with E-state index < -0.39 is 0 Å². The van der Waals surface area contributed by atoms with Crippen LogP contribution in [0.3, 0.4) is 0 Å². The molecule has 0 atom stereocenters. The molecule has 0 saturated carbocycles. The van der Waals surface area contributed by atoms with Gasteiger partial charge in [-0.2, -0.15) is 5.26 Å². The highest BCUT2D eigenvalue weighted by Crippen LogP contribution is 2.33. The normalized spacial score (nSPS) is 13.2. The third-order valence-corrected chi connectivity index (χ3v) is 3.38. The Bertz CT molecular complexity index is 532. The Kier molecular flexibility index (Phi) is 4.18. The average molecular weight is 258 g/mol. The van der Waals surface area contributed by atoms with Crippen molar-refractivity contribution in [2.75, 3.05) is 24.6 Å². The van der Waals surface area contributed by atoms with Crippen LogP contribution < -0.4 is 4.90 Å². The van der Waals surface area contributed by atoms with Gasteiger partial charge in [-0.25, -0.2) is 0 Å². The van der Waals surface area contributed by atoms with Gasteiger partial charge >= 0.3 is 0 Å². The Morgan fingerprint density at radius 2 is 2.32 bits per heavy atom. The molecule has 2 rings (SSSR count). The predicted octanol–water partition coefficient (Wildman–Crippen LogP) is 1.43. The van der Waals surface area contributed by atoms with Gasteiger partial charge in [0.2, 0.25) is 0 Å². The molecule has 4 heteroatoms. The van der Waals surface area contributed by atoms with Crippen molar-refractivity contribution >= 4 is 11.5 Å². The van der Waals surface area contributed by atoms with Gasteiger partial charge < -0.3 is 10.0 Å². The molecule has 4 nitrogen and oxygen atoms in total. The molecular weight excluding hydrogens is 240 g/mol. The smallest absolute Gasteiger partial charge is 0.134 e. The van der Waals surface area contributed by atoms with Gasteiger partial charge in [0.1, 0.15) is 11.9 Å². The maximum absolute atomic E-state index is 11.2. The number of benzene rings is 1. The highest BCUT2D eigenvalue weighted by molar-refractivity contribution is 5.79. The van der Waals surface area contributed by atoms with E-state index in [4.69, 9.17) is 5.11 Å². The van der Waals surface area contributed by atoms with Crippen molar-refractivity contribution in [2.45, 2.75) is 26.2 Å². The first-order valence-electron chi connectivity index (χ1n) is 6.57. The molecule has 1 N–H and O–H groups in total. The summed E-state index contributed by atoms with van der Waals surface area (Å²) in [6, 6.07) is 6.09. The highest BCUT2D eigenvalue weighted by Gasteiger charge is 2.23. The maximum Gasteiger partial charge on any atom is 0.134 e. The molecule has 0 spiro atoms. The predicted molar refractivity (Wildman–Crippen MR) is 73.2 cm³/mol. The van der Waals surface area contributed by atoms with Gasteiger partial charge in [-0.15, -0.1) is 0 Å². The summed E-state index contributed by atoms with van der Waals surface area (Å²) in [6.45, 7) is 3.38. The number of ketones is 1.